The number of rotatable bonds is 6. The van der Waals surface area contributed by atoms with E-state index in [1.54, 1.807) is 7.05 Å². The first-order chi connectivity index (χ1) is 12.7. The molecule has 0 bridgehead atoms. The summed E-state index contributed by atoms with van der Waals surface area (Å²) < 4.78 is 2.30. The Morgan fingerprint density at radius 2 is 1.81 bits per heavy atom. The molecule has 0 aliphatic rings. The summed E-state index contributed by atoms with van der Waals surface area (Å²) in [7, 11) is 2.96. The minimum absolute atomic E-state index is 0.264. The van der Waals surface area contributed by atoms with Crippen LogP contribution < -0.4 is 21.5 Å². The Bertz CT molecular complexity index is 953. The molecule has 1 aromatic heterocycles. The Morgan fingerprint density at radius 1 is 1.19 bits per heavy atom. The first-order valence-corrected chi connectivity index (χ1v) is 8.87. The summed E-state index contributed by atoms with van der Waals surface area (Å²) in [5.74, 6) is -0.352. The van der Waals surface area contributed by atoms with Gasteiger partial charge in [-0.15, -0.1) is 0 Å². The molecule has 7 heteroatoms. The van der Waals surface area contributed by atoms with Gasteiger partial charge in [0.2, 0.25) is 5.91 Å². The van der Waals surface area contributed by atoms with Crippen molar-refractivity contribution >= 4 is 23.4 Å². The number of hydrogen-bond donors (Lipinski definition) is 1. The Labute approximate surface area is 158 Å². The Morgan fingerprint density at radius 3 is 2.37 bits per heavy atom. The maximum Gasteiger partial charge on any atom is 0.330 e. The van der Waals surface area contributed by atoms with Crippen molar-refractivity contribution in [3.8, 4) is 0 Å². The van der Waals surface area contributed by atoms with E-state index in [1.165, 1.54) is 30.0 Å². The molecular formula is C20H26N4O3. The van der Waals surface area contributed by atoms with Gasteiger partial charge in [-0.1, -0.05) is 0 Å². The molecule has 0 spiro atoms. The number of aromatic nitrogens is 2. The van der Waals surface area contributed by atoms with Gasteiger partial charge in [0, 0.05) is 50.3 Å². The summed E-state index contributed by atoms with van der Waals surface area (Å²) in [6.45, 7) is 7.27. The van der Waals surface area contributed by atoms with Crippen LogP contribution in [0.2, 0.25) is 0 Å². The Kier molecular flexibility index (Phi) is 6.39. The predicted octanol–water partition coefficient (Wildman–Crippen LogP) is 1.97. The number of nitrogens with one attached hydrogen (secondary N) is 1. The molecular weight excluding hydrogens is 344 g/mol. The Hall–Kier alpha value is -3.09. The molecule has 1 amide bonds. The topological polar surface area (TPSA) is 76.3 Å². The van der Waals surface area contributed by atoms with E-state index in [0.29, 0.717) is 11.7 Å². The second kappa shape index (κ2) is 8.53. The summed E-state index contributed by atoms with van der Waals surface area (Å²) in [4.78, 5) is 38.1. The number of anilines is 2. The molecule has 2 aromatic rings. The molecule has 0 radical (unpaired) electrons. The molecule has 1 heterocycles. The summed E-state index contributed by atoms with van der Waals surface area (Å²) in [6.07, 6.45) is 4.10. The summed E-state index contributed by atoms with van der Waals surface area (Å²) in [5, 5.41) is 2.76. The molecule has 144 valence electrons. The fourth-order valence-corrected chi connectivity index (χ4v) is 2.88. The fourth-order valence-electron chi connectivity index (χ4n) is 2.88. The quantitative estimate of drug-likeness (QED) is 0.789. The van der Waals surface area contributed by atoms with E-state index in [-0.39, 0.29) is 11.5 Å². The van der Waals surface area contributed by atoms with Gasteiger partial charge >= 0.3 is 5.69 Å². The molecule has 0 aliphatic heterocycles. The van der Waals surface area contributed by atoms with Gasteiger partial charge in [0.05, 0.1) is 5.56 Å². The minimum Gasteiger partial charge on any atom is -0.369 e. The van der Waals surface area contributed by atoms with Crippen LogP contribution in [0.25, 0.3) is 6.08 Å². The zero-order valence-corrected chi connectivity index (χ0v) is 16.4. The second-order valence-electron chi connectivity index (χ2n) is 6.59. The van der Waals surface area contributed by atoms with E-state index in [1.807, 2.05) is 24.3 Å². The molecule has 2 rings (SSSR count). The normalized spacial score (nSPS) is 11.2. The van der Waals surface area contributed by atoms with Crippen LogP contribution in [0.5, 0.6) is 0 Å². The van der Waals surface area contributed by atoms with Crippen molar-refractivity contribution in [1.82, 2.24) is 9.13 Å². The van der Waals surface area contributed by atoms with Gasteiger partial charge in [0.1, 0.15) is 0 Å². The highest BCUT2D eigenvalue weighted by atomic mass is 16.2. The third-order valence-corrected chi connectivity index (χ3v) is 4.32. The SMILES string of the molecule is CCN(c1ccc(NC(=O)/C=C/c2cn(C)c(=O)n(C)c2=O)cc1)C(C)C. The van der Waals surface area contributed by atoms with E-state index in [4.69, 9.17) is 0 Å². The zero-order valence-electron chi connectivity index (χ0n) is 16.4. The number of carbonyl (C=O) groups is 1. The van der Waals surface area contributed by atoms with Crippen LogP contribution >= 0.6 is 0 Å². The number of benzene rings is 1. The van der Waals surface area contributed by atoms with E-state index in [9.17, 15) is 14.4 Å². The van der Waals surface area contributed by atoms with Gasteiger partial charge in [-0.3, -0.25) is 14.2 Å². The van der Waals surface area contributed by atoms with Crippen molar-refractivity contribution < 1.29 is 4.79 Å². The predicted molar refractivity (Wildman–Crippen MR) is 109 cm³/mol. The van der Waals surface area contributed by atoms with Crippen LogP contribution in [0.3, 0.4) is 0 Å². The van der Waals surface area contributed by atoms with Gasteiger partial charge in [-0.2, -0.15) is 0 Å². The van der Waals surface area contributed by atoms with Crippen LogP contribution in [0.4, 0.5) is 11.4 Å². The minimum atomic E-state index is -0.445. The lowest BCUT2D eigenvalue weighted by atomic mass is 10.2. The highest BCUT2D eigenvalue weighted by Crippen LogP contribution is 2.19. The zero-order chi connectivity index (χ0) is 20.1. The van der Waals surface area contributed by atoms with Crippen LogP contribution in [0.15, 0.2) is 46.1 Å². The maximum absolute atomic E-state index is 12.1. The van der Waals surface area contributed by atoms with Crippen molar-refractivity contribution in [2.24, 2.45) is 14.1 Å². The molecule has 0 atom stereocenters. The summed E-state index contributed by atoms with van der Waals surface area (Å²) >= 11 is 0. The number of carbonyl (C=O) groups excluding carboxylic acids is 1. The first kappa shape index (κ1) is 20.2. The van der Waals surface area contributed by atoms with E-state index >= 15 is 0 Å². The molecule has 0 aliphatic carbocycles. The van der Waals surface area contributed by atoms with E-state index < -0.39 is 11.2 Å². The lowest BCUT2D eigenvalue weighted by Gasteiger charge is -2.27. The van der Waals surface area contributed by atoms with Gasteiger partial charge in [0.25, 0.3) is 5.56 Å². The third-order valence-electron chi connectivity index (χ3n) is 4.32. The van der Waals surface area contributed by atoms with Gasteiger partial charge in [-0.05, 0) is 51.1 Å². The molecule has 7 nitrogen and oxygen atoms in total. The van der Waals surface area contributed by atoms with Crippen molar-refractivity contribution in [3.05, 3.63) is 62.9 Å². The van der Waals surface area contributed by atoms with E-state index in [0.717, 1.165) is 16.8 Å². The largest absolute Gasteiger partial charge is 0.369 e. The number of aryl methyl sites for hydroxylation is 1. The van der Waals surface area contributed by atoms with Crippen LogP contribution in [-0.4, -0.2) is 27.6 Å². The molecule has 27 heavy (non-hydrogen) atoms. The van der Waals surface area contributed by atoms with Crippen molar-refractivity contribution in [2.75, 3.05) is 16.8 Å². The fraction of sp³-hybridized carbons (Fsp3) is 0.350. The van der Waals surface area contributed by atoms with Crippen molar-refractivity contribution in [3.63, 3.8) is 0 Å². The molecule has 0 saturated heterocycles. The highest BCUT2D eigenvalue weighted by molar-refractivity contribution is 6.01. The summed E-state index contributed by atoms with van der Waals surface area (Å²) in [5.41, 5.74) is 1.17. The van der Waals surface area contributed by atoms with Crippen molar-refractivity contribution in [2.45, 2.75) is 26.8 Å². The number of amides is 1. The maximum atomic E-state index is 12.1. The van der Waals surface area contributed by atoms with E-state index in [2.05, 4.69) is 31.0 Å². The molecule has 1 aromatic carbocycles. The molecule has 0 saturated carbocycles. The number of nitrogens with zero attached hydrogens (tertiary/aromatic N) is 3. The van der Waals surface area contributed by atoms with Crippen LogP contribution in [0, 0.1) is 0 Å². The molecule has 0 fully saturated rings. The first-order valence-electron chi connectivity index (χ1n) is 8.87. The molecule has 1 N–H and O–H groups in total. The van der Waals surface area contributed by atoms with Gasteiger partial charge in [0.15, 0.2) is 0 Å². The smallest absolute Gasteiger partial charge is 0.330 e. The third kappa shape index (κ3) is 4.75. The van der Waals surface area contributed by atoms with Gasteiger partial charge in [-0.25, -0.2) is 4.79 Å². The lowest BCUT2D eigenvalue weighted by Crippen LogP contribution is -2.37. The van der Waals surface area contributed by atoms with Crippen molar-refractivity contribution in [1.29, 1.82) is 0 Å². The summed E-state index contributed by atoms with van der Waals surface area (Å²) in [6, 6.07) is 8.01. The number of hydrogen-bond acceptors (Lipinski definition) is 4. The van der Waals surface area contributed by atoms with Gasteiger partial charge < -0.3 is 14.8 Å². The second-order valence-corrected chi connectivity index (χ2v) is 6.59. The van der Waals surface area contributed by atoms with Crippen LogP contribution in [0.1, 0.15) is 26.3 Å². The Balaban J connectivity index is 2.11. The standard InChI is InChI=1S/C20H26N4O3/c1-6-24(14(2)3)17-10-8-16(9-11-17)21-18(25)12-7-15-13-22(4)20(27)23(5)19(15)26/h7-14H,6H2,1-5H3,(H,21,25)/b12-7+. The molecule has 0 unspecified atom stereocenters. The highest BCUT2D eigenvalue weighted by Gasteiger charge is 2.08. The average Bonchev–Trinajstić information content (AvgIpc) is 2.63. The van der Waals surface area contributed by atoms with Crippen LogP contribution in [-0.2, 0) is 18.9 Å². The average molecular weight is 370 g/mol. The monoisotopic (exact) mass is 370 g/mol. The lowest BCUT2D eigenvalue weighted by molar-refractivity contribution is -0.111.